The van der Waals surface area contributed by atoms with Gasteiger partial charge in [-0.15, -0.1) is 0 Å². The van der Waals surface area contributed by atoms with E-state index in [1.54, 1.807) is 13.8 Å². The molecule has 6 heteroatoms. The van der Waals surface area contributed by atoms with E-state index in [1.165, 1.54) is 0 Å². The summed E-state index contributed by atoms with van der Waals surface area (Å²) >= 11 is 4.33. The van der Waals surface area contributed by atoms with Gasteiger partial charge in [0, 0.05) is 0 Å². The van der Waals surface area contributed by atoms with Crippen molar-refractivity contribution in [1.29, 1.82) is 0 Å². The predicted octanol–water partition coefficient (Wildman–Crippen LogP) is -0.0152. The Kier molecular flexibility index (Phi) is 3.20. The van der Waals surface area contributed by atoms with Crippen LogP contribution in [0.3, 0.4) is 0 Å². The molecule has 60 valence electrons. The van der Waals surface area contributed by atoms with Crippen LogP contribution >= 0.6 is 12.2 Å². The molecular formula is C4H9NO3S2. The number of sulfonamides is 1. The lowest BCUT2D eigenvalue weighted by molar-refractivity contribution is 0.241. The first-order chi connectivity index (χ1) is 4.34. The number of hydrogen-bond donors (Lipinski definition) is 1. The van der Waals surface area contributed by atoms with Crippen LogP contribution in [-0.2, 0) is 14.8 Å². The molecule has 0 aliphatic rings. The van der Waals surface area contributed by atoms with E-state index < -0.39 is 14.4 Å². The molecule has 2 N–H and O–H groups in total. The quantitative estimate of drug-likeness (QED) is 0.580. The molecule has 0 aliphatic heterocycles. The second-order valence-electron chi connectivity index (χ2n) is 1.96. The van der Waals surface area contributed by atoms with Gasteiger partial charge in [-0.2, -0.15) is 0 Å². The van der Waals surface area contributed by atoms with E-state index in [4.69, 9.17) is 0 Å². The fraction of sp³-hybridized carbons (Fsp3) is 0.750. The van der Waals surface area contributed by atoms with E-state index in [0.29, 0.717) is 0 Å². The molecular weight excluding hydrogens is 174 g/mol. The summed E-state index contributed by atoms with van der Waals surface area (Å²) in [6, 6.07) is 0. The second kappa shape index (κ2) is 3.27. The first-order valence-electron chi connectivity index (χ1n) is 2.57. The minimum Gasteiger partial charge on any atom is -0.472 e. The average molecular weight is 183 g/mol. The van der Waals surface area contributed by atoms with Crippen LogP contribution < -0.4 is 5.14 Å². The molecule has 0 aromatic carbocycles. The van der Waals surface area contributed by atoms with Crippen molar-refractivity contribution in [3.8, 4) is 0 Å². The van der Waals surface area contributed by atoms with Crippen molar-refractivity contribution in [3.63, 3.8) is 0 Å². The number of primary sulfonamides is 1. The van der Waals surface area contributed by atoms with Gasteiger partial charge >= 0.3 is 0 Å². The summed E-state index contributed by atoms with van der Waals surface area (Å²) in [6.45, 7) is 3.33. The number of ether oxygens (including phenoxy) is 1. The molecule has 0 fully saturated rings. The summed E-state index contributed by atoms with van der Waals surface area (Å²) in [6.07, 6.45) is -0.258. The molecule has 0 rings (SSSR count). The van der Waals surface area contributed by atoms with Gasteiger partial charge in [0.15, 0.2) is 0 Å². The highest BCUT2D eigenvalue weighted by Crippen LogP contribution is 1.94. The maximum atomic E-state index is 10.4. The van der Waals surface area contributed by atoms with Crippen molar-refractivity contribution in [2.45, 2.75) is 20.0 Å². The molecule has 0 aromatic heterocycles. The zero-order valence-corrected chi connectivity index (χ0v) is 7.33. The maximum absolute atomic E-state index is 10.4. The van der Waals surface area contributed by atoms with Crippen molar-refractivity contribution < 1.29 is 13.2 Å². The summed E-state index contributed by atoms with van der Waals surface area (Å²) < 4.78 is 24.8. The van der Waals surface area contributed by atoms with E-state index in [0.717, 1.165) is 0 Å². The molecule has 10 heavy (non-hydrogen) atoms. The number of rotatable bonds is 1. The van der Waals surface area contributed by atoms with E-state index in [9.17, 15) is 8.42 Å². The summed E-state index contributed by atoms with van der Waals surface area (Å²) in [4.78, 5) is 0. The van der Waals surface area contributed by atoms with Crippen molar-refractivity contribution >= 4 is 26.6 Å². The van der Waals surface area contributed by atoms with Gasteiger partial charge in [0.1, 0.15) is 0 Å². The first-order valence-corrected chi connectivity index (χ1v) is 4.53. The maximum Gasteiger partial charge on any atom is 0.294 e. The van der Waals surface area contributed by atoms with Gasteiger partial charge in [0.25, 0.3) is 14.4 Å². The lowest BCUT2D eigenvalue weighted by atomic mass is 10.5. The average Bonchev–Trinajstić information content (AvgIpc) is 1.60. The SMILES string of the molecule is CC(C)OC(=S)S(N)(=O)=O. The summed E-state index contributed by atoms with van der Waals surface area (Å²) in [5, 5.41) is 4.63. The minimum atomic E-state index is -3.79. The van der Waals surface area contributed by atoms with Gasteiger partial charge in [-0.3, -0.25) is 0 Å². The van der Waals surface area contributed by atoms with Crippen LogP contribution in [0.1, 0.15) is 13.8 Å². The second-order valence-corrected chi connectivity index (χ2v) is 4.05. The van der Waals surface area contributed by atoms with E-state index in [2.05, 4.69) is 22.1 Å². The Bertz CT molecular complexity index is 219. The van der Waals surface area contributed by atoms with Gasteiger partial charge in [0.05, 0.1) is 6.10 Å². The Balaban J connectivity index is 4.14. The van der Waals surface area contributed by atoms with Crippen LogP contribution in [0, 0.1) is 0 Å². The summed E-state index contributed by atoms with van der Waals surface area (Å²) in [5.74, 6) is 0. The Morgan fingerprint density at radius 2 is 2.00 bits per heavy atom. The molecule has 0 aliphatic carbocycles. The van der Waals surface area contributed by atoms with Crippen molar-refractivity contribution in [2.75, 3.05) is 0 Å². The molecule has 0 saturated carbocycles. The number of nitrogens with two attached hydrogens (primary N) is 1. The molecule has 0 heterocycles. The highest BCUT2D eigenvalue weighted by Gasteiger charge is 2.13. The Morgan fingerprint density at radius 1 is 1.60 bits per heavy atom. The molecule has 4 nitrogen and oxygen atoms in total. The fourth-order valence-corrected chi connectivity index (χ4v) is 0.779. The Labute approximate surface area is 65.4 Å². The van der Waals surface area contributed by atoms with E-state index in [-0.39, 0.29) is 6.10 Å². The lowest BCUT2D eigenvalue weighted by Crippen LogP contribution is -2.26. The van der Waals surface area contributed by atoms with Crippen molar-refractivity contribution in [3.05, 3.63) is 0 Å². The van der Waals surface area contributed by atoms with Crippen molar-refractivity contribution in [1.82, 2.24) is 0 Å². The molecule has 0 atom stereocenters. The monoisotopic (exact) mass is 183 g/mol. The normalized spacial score (nSPS) is 11.6. The third-order valence-corrected chi connectivity index (χ3v) is 1.92. The van der Waals surface area contributed by atoms with Crippen LogP contribution in [0.15, 0.2) is 0 Å². The number of hydrogen-bond acceptors (Lipinski definition) is 4. The molecule has 0 aromatic rings. The van der Waals surface area contributed by atoms with Crippen LogP contribution in [0.25, 0.3) is 0 Å². The van der Waals surface area contributed by atoms with Gasteiger partial charge in [-0.1, -0.05) is 0 Å². The standard InChI is InChI=1S/C4H9NO3S2/c1-3(2)8-4(9)10(5,6)7/h3H,1-2H3,(H2,5,6,7). The molecule has 0 spiro atoms. The zero-order valence-electron chi connectivity index (χ0n) is 5.70. The highest BCUT2D eigenvalue weighted by atomic mass is 32.2. The van der Waals surface area contributed by atoms with Gasteiger partial charge in [-0.25, -0.2) is 13.6 Å². The summed E-state index contributed by atoms with van der Waals surface area (Å²) in [5.41, 5.74) is 0. The summed E-state index contributed by atoms with van der Waals surface area (Å²) in [7, 11) is -3.79. The topological polar surface area (TPSA) is 69.4 Å². The third-order valence-electron chi connectivity index (χ3n) is 0.564. The molecule has 0 amide bonds. The Hall–Kier alpha value is -0.200. The van der Waals surface area contributed by atoms with Crippen LogP contribution in [0.2, 0.25) is 0 Å². The smallest absolute Gasteiger partial charge is 0.294 e. The minimum absolute atomic E-state index is 0.258. The van der Waals surface area contributed by atoms with Gasteiger partial charge in [-0.05, 0) is 26.1 Å². The first kappa shape index (κ1) is 9.80. The van der Waals surface area contributed by atoms with Gasteiger partial charge < -0.3 is 4.74 Å². The van der Waals surface area contributed by atoms with Crippen molar-refractivity contribution in [2.24, 2.45) is 5.14 Å². The highest BCUT2D eigenvalue weighted by molar-refractivity contribution is 8.15. The molecule has 0 radical (unpaired) electrons. The van der Waals surface area contributed by atoms with Crippen LogP contribution in [0.4, 0.5) is 0 Å². The zero-order chi connectivity index (χ0) is 8.36. The van der Waals surface area contributed by atoms with Crippen LogP contribution in [0.5, 0.6) is 0 Å². The van der Waals surface area contributed by atoms with E-state index in [1.807, 2.05) is 0 Å². The fourth-order valence-electron chi connectivity index (χ4n) is 0.260. The largest absolute Gasteiger partial charge is 0.472 e. The predicted molar refractivity (Wildman–Crippen MR) is 41.9 cm³/mol. The van der Waals surface area contributed by atoms with Gasteiger partial charge in [0.2, 0.25) is 0 Å². The number of thiocarbonyl (C=S) groups is 1. The molecule has 0 saturated heterocycles. The third kappa shape index (κ3) is 3.76. The lowest BCUT2D eigenvalue weighted by Gasteiger charge is -2.07. The Morgan fingerprint density at radius 3 is 2.10 bits per heavy atom. The molecule has 0 unspecified atom stereocenters. The van der Waals surface area contributed by atoms with E-state index >= 15 is 0 Å². The molecule has 0 bridgehead atoms. The van der Waals surface area contributed by atoms with Crippen LogP contribution in [-0.4, -0.2) is 18.9 Å².